The number of carbonyl (C=O) groups is 1. The number of hydrogen-bond donors (Lipinski definition) is 1. The van der Waals surface area contributed by atoms with Gasteiger partial charge in [0.15, 0.2) is 6.61 Å². The zero-order valence-corrected chi connectivity index (χ0v) is 14.9. The summed E-state index contributed by atoms with van der Waals surface area (Å²) in [6, 6.07) is 10.2. The zero-order valence-electron chi connectivity index (χ0n) is 13.3. The van der Waals surface area contributed by atoms with Crippen molar-refractivity contribution in [1.82, 2.24) is 0 Å². The van der Waals surface area contributed by atoms with Gasteiger partial charge in [0, 0.05) is 10.5 Å². The van der Waals surface area contributed by atoms with E-state index < -0.39 is 10.8 Å². The van der Waals surface area contributed by atoms with Crippen molar-refractivity contribution in [3.05, 3.63) is 62.1 Å². The van der Waals surface area contributed by atoms with Crippen LogP contribution in [0.25, 0.3) is 0 Å². The molecule has 0 aliphatic carbocycles. The second kappa shape index (κ2) is 7.92. The van der Waals surface area contributed by atoms with E-state index in [1.807, 2.05) is 19.1 Å². The number of nitro groups is 1. The third kappa shape index (κ3) is 4.55. The van der Waals surface area contributed by atoms with Crippen LogP contribution in [-0.4, -0.2) is 17.4 Å². The molecule has 0 aliphatic heterocycles. The van der Waals surface area contributed by atoms with Crippen LogP contribution in [-0.2, 0) is 11.2 Å². The second-order valence-corrected chi connectivity index (χ2v) is 6.14. The number of anilines is 1. The van der Waals surface area contributed by atoms with Crippen LogP contribution in [0, 0.1) is 17.0 Å². The Kier molecular flexibility index (Phi) is 5.92. The van der Waals surface area contributed by atoms with Crippen LogP contribution in [0.5, 0.6) is 5.75 Å². The predicted octanol–water partition coefficient (Wildman–Crippen LogP) is 4.25. The number of nitrogens with zero attached hydrogens (tertiary/aromatic N) is 1. The van der Waals surface area contributed by atoms with Gasteiger partial charge in [-0.15, -0.1) is 0 Å². The number of nitro benzene ring substituents is 1. The van der Waals surface area contributed by atoms with E-state index in [1.165, 1.54) is 12.1 Å². The summed E-state index contributed by atoms with van der Waals surface area (Å²) >= 11 is 3.39. The van der Waals surface area contributed by atoms with Gasteiger partial charge in [-0.05, 0) is 48.7 Å². The average Bonchev–Trinajstić information content (AvgIpc) is 2.55. The zero-order chi connectivity index (χ0) is 17.7. The Morgan fingerprint density at radius 3 is 2.71 bits per heavy atom. The minimum atomic E-state index is -0.520. The third-order valence-corrected chi connectivity index (χ3v) is 3.88. The quantitative estimate of drug-likeness (QED) is 0.588. The van der Waals surface area contributed by atoms with Crippen molar-refractivity contribution in [3.63, 3.8) is 0 Å². The minimum Gasteiger partial charge on any atom is -0.483 e. The average molecular weight is 393 g/mol. The summed E-state index contributed by atoms with van der Waals surface area (Å²) in [6.07, 6.45) is 0.764. The van der Waals surface area contributed by atoms with E-state index in [0.29, 0.717) is 5.75 Å². The van der Waals surface area contributed by atoms with Gasteiger partial charge in [0.2, 0.25) is 0 Å². The van der Waals surface area contributed by atoms with Crippen LogP contribution in [0.15, 0.2) is 40.9 Å². The van der Waals surface area contributed by atoms with E-state index >= 15 is 0 Å². The third-order valence-electron chi connectivity index (χ3n) is 3.39. The second-order valence-electron chi connectivity index (χ2n) is 5.22. The molecule has 7 heteroatoms. The van der Waals surface area contributed by atoms with E-state index in [0.717, 1.165) is 22.0 Å². The fourth-order valence-corrected chi connectivity index (χ4v) is 2.60. The number of ether oxygens (including phenoxy) is 1. The number of benzene rings is 2. The molecular formula is C17H17BrN2O4. The van der Waals surface area contributed by atoms with Crippen LogP contribution in [0.3, 0.4) is 0 Å². The molecule has 0 saturated carbocycles. The molecule has 24 heavy (non-hydrogen) atoms. The number of aryl methyl sites for hydroxylation is 2. The Morgan fingerprint density at radius 1 is 1.29 bits per heavy atom. The van der Waals surface area contributed by atoms with Gasteiger partial charge in [0.05, 0.1) is 4.92 Å². The first-order chi connectivity index (χ1) is 11.4. The maximum atomic E-state index is 12.0. The molecule has 0 unspecified atom stereocenters. The highest BCUT2D eigenvalue weighted by Crippen LogP contribution is 2.26. The molecule has 0 spiro atoms. The summed E-state index contributed by atoms with van der Waals surface area (Å²) in [7, 11) is 0. The van der Waals surface area contributed by atoms with Gasteiger partial charge < -0.3 is 10.1 Å². The molecule has 1 N–H and O–H groups in total. The lowest BCUT2D eigenvalue weighted by Crippen LogP contribution is -2.21. The molecule has 126 valence electrons. The number of nitrogens with one attached hydrogen (secondary N) is 1. The summed E-state index contributed by atoms with van der Waals surface area (Å²) < 4.78 is 6.47. The highest BCUT2D eigenvalue weighted by molar-refractivity contribution is 9.10. The van der Waals surface area contributed by atoms with Crippen molar-refractivity contribution in [2.45, 2.75) is 20.3 Å². The molecule has 0 fully saturated rings. The van der Waals surface area contributed by atoms with Crippen molar-refractivity contribution in [1.29, 1.82) is 0 Å². The Balaban J connectivity index is 2.06. The van der Waals surface area contributed by atoms with E-state index in [1.54, 1.807) is 19.1 Å². The van der Waals surface area contributed by atoms with E-state index in [4.69, 9.17) is 4.74 Å². The van der Waals surface area contributed by atoms with Gasteiger partial charge in [-0.1, -0.05) is 28.9 Å². The van der Waals surface area contributed by atoms with Crippen molar-refractivity contribution in [3.8, 4) is 5.75 Å². The van der Waals surface area contributed by atoms with Crippen molar-refractivity contribution in [2.24, 2.45) is 0 Å². The molecule has 2 rings (SSSR count). The number of amides is 1. The maximum absolute atomic E-state index is 12.0. The first kappa shape index (κ1) is 17.9. The summed E-state index contributed by atoms with van der Waals surface area (Å²) in [5.74, 6) is 0.168. The lowest BCUT2D eigenvalue weighted by atomic mass is 10.1. The van der Waals surface area contributed by atoms with Gasteiger partial charge in [-0.25, -0.2) is 0 Å². The van der Waals surface area contributed by atoms with Gasteiger partial charge in [-0.2, -0.15) is 0 Å². The van der Waals surface area contributed by atoms with E-state index in [9.17, 15) is 14.9 Å². The summed E-state index contributed by atoms with van der Waals surface area (Å²) in [5, 5.41) is 13.6. The fourth-order valence-electron chi connectivity index (χ4n) is 2.19. The standard InChI is InChI=1S/C17H17BrN2O4/c1-3-12-9-13(18)5-7-16(12)24-10-17(21)19-14-6-4-11(2)8-15(14)20(22)23/h4-9H,3,10H2,1-2H3,(H,19,21). The lowest BCUT2D eigenvalue weighted by Gasteiger charge is -2.11. The lowest BCUT2D eigenvalue weighted by molar-refractivity contribution is -0.384. The van der Waals surface area contributed by atoms with Gasteiger partial charge in [0.25, 0.3) is 11.6 Å². The highest BCUT2D eigenvalue weighted by Gasteiger charge is 2.16. The largest absolute Gasteiger partial charge is 0.483 e. The van der Waals surface area contributed by atoms with E-state index in [-0.39, 0.29) is 18.0 Å². The summed E-state index contributed by atoms with van der Waals surface area (Å²) in [4.78, 5) is 22.6. The Bertz CT molecular complexity index is 777. The van der Waals surface area contributed by atoms with Crippen LogP contribution >= 0.6 is 15.9 Å². The minimum absolute atomic E-state index is 0.138. The predicted molar refractivity (Wildman–Crippen MR) is 95.5 cm³/mol. The molecule has 0 bridgehead atoms. The maximum Gasteiger partial charge on any atom is 0.293 e. The molecule has 2 aromatic rings. The van der Waals surface area contributed by atoms with Crippen LogP contribution in [0.1, 0.15) is 18.1 Å². The van der Waals surface area contributed by atoms with Gasteiger partial charge in [-0.3, -0.25) is 14.9 Å². The van der Waals surface area contributed by atoms with Crippen LogP contribution in [0.2, 0.25) is 0 Å². The first-order valence-corrected chi connectivity index (χ1v) is 8.16. The van der Waals surface area contributed by atoms with Crippen molar-refractivity contribution >= 4 is 33.2 Å². The topological polar surface area (TPSA) is 81.5 Å². The van der Waals surface area contributed by atoms with Crippen molar-refractivity contribution < 1.29 is 14.5 Å². The molecule has 2 aromatic carbocycles. The highest BCUT2D eigenvalue weighted by atomic mass is 79.9. The number of carbonyl (C=O) groups excluding carboxylic acids is 1. The smallest absolute Gasteiger partial charge is 0.293 e. The molecule has 0 saturated heterocycles. The van der Waals surface area contributed by atoms with Crippen molar-refractivity contribution in [2.75, 3.05) is 11.9 Å². The number of hydrogen-bond acceptors (Lipinski definition) is 4. The molecule has 0 radical (unpaired) electrons. The molecule has 0 aromatic heterocycles. The van der Waals surface area contributed by atoms with Crippen LogP contribution in [0.4, 0.5) is 11.4 Å². The van der Waals surface area contributed by atoms with E-state index in [2.05, 4.69) is 21.2 Å². The number of halogens is 1. The summed E-state index contributed by atoms with van der Waals surface area (Å²) in [5.41, 5.74) is 1.74. The Labute approximate surface area is 148 Å². The number of rotatable bonds is 6. The summed E-state index contributed by atoms with van der Waals surface area (Å²) in [6.45, 7) is 3.52. The van der Waals surface area contributed by atoms with Crippen LogP contribution < -0.4 is 10.1 Å². The molecule has 1 amide bonds. The molecular weight excluding hydrogens is 376 g/mol. The molecule has 0 aliphatic rings. The Hall–Kier alpha value is -2.41. The van der Waals surface area contributed by atoms with Gasteiger partial charge in [0.1, 0.15) is 11.4 Å². The SMILES string of the molecule is CCc1cc(Br)ccc1OCC(=O)Nc1ccc(C)cc1[N+](=O)[O-]. The first-order valence-electron chi connectivity index (χ1n) is 7.36. The van der Waals surface area contributed by atoms with Gasteiger partial charge >= 0.3 is 0 Å². The molecule has 0 heterocycles. The monoisotopic (exact) mass is 392 g/mol. The molecule has 6 nitrogen and oxygen atoms in total. The normalized spacial score (nSPS) is 10.3. The fraction of sp³-hybridized carbons (Fsp3) is 0.235. The Morgan fingerprint density at radius 2 is 2.04 bits per heavy atom. The molecule has 0 atom stereocenters.